The van der Waals surface area contributed by atoms with Crippen LogP contribution in [0.4, 0.5) is 0 Å². The van der Waals surface area contributed by atoms with Gasteiger partial charge in [-0.1, -0.05) is 83.8 Å². The van der Waals surface area contributed by atoms with E-state index in [9.17, 15) is 4.79 Å². The average molecular weight is 460 g/mol. The number of halogens is 1. The molecular weight excluding hydrogens is 412 g/mol. The number of carbonyl (C=O) groups excluding carboxylic acids is 1. The lowest BCUT2D eigenvalue weighted by atomic mass is 9.61. The highest BCUT2D eigenvalue weighted by Gasteiger charge is 2.51. The summed E-state index contributed by atoms with van der Waals surface area (Å²) in [6.07, 6.45) is 8.76. The molecule has 0 aromatic rings. The van der Waals surface area contributed by atoms with Crippen molar-refractivity contribution in [3.8, 4) is 0 Å². The number of allylic oxidation sites excluding steroid dienone is 1. The van der Waals surface area contributed by atoms with E-state index in [1.165, 1.54) is 32.1 Å². The van der Waals surface area contributed by atoms with Crippen LogP contribution in [0, 0.1) is 29.1 Å². The third-order valence-electron chi connectivity index (χ3n) is 6.80. The molecule has 0 aromatic carbocycles. The Balaban J connectivity index is 0.00000111. The van der Waals surface area contributed by atoms with Crippen molar-refractivity contribution in [2.24, 2.45) is 29.1 Å². The number of carbonyl (C=O) groups is 1. The van der Waals surface area contributed by atoms with Gasteiger partial charge in [0.15, 0.2) is 0 Å². The molecule has 0 spiro atoms. The maximum atomic E-state index is 11.6. The van der Waals surface area contributed by atoms with Crippen LogP contribution in [0.3, 0.4) is 0 Å². The third-order valence-corrected chi connectivity index (χ3v) is 7.39. The molecule has 0 amide bonds. The summed E-state index contributed by atoms with van der Waals surface area (Å²) in [5, 5.41) is 0. The second kappa shape index (κ2) is 13.8. The van der Waals surface area contributed by atoms with Crippen LogP contribution in [0.1, 0.15) is 107 Å². The number of rotatable bonds is 3. The van der Waals surface area contributed by atoms with Crippen LogP contribution in [-0.4, -0.2) is 12.1 Å². The number of hydrogen-bond donors (Lipinski definition) is 0. The minimum atomic E-state index is 0.00915. The van der Waals surface area contributed by atoms with E-state index in [0.29, 0.717) is 11.3 Å². The Morgan fingerprint density at radius 1 is 1.18 bits per heavy atom. The van der Waals surface area contributed by atoms with Crippen LogP contribution in [0.2, 0.25) is 0 Å². The molecule has 3 aliphatic rings. The second-order valence-corrected chi connectivity index (χ2v) is 8.65. The van der Waals surface area contributed by atoms with Crippen molar-refractivity contribution < 1.29 is 9.53 Å². The summed E-state index contributed by atoms with van der Waals surface area (Å²) in [4.78, 5) is 13.8. The molecule has 0 aromatic heterocycles. The zero-order chi connectivity index (χ0) is 21.9. The van der Waals surface area contributed by atoms with Gasteiger partial charge in [-0.25, -0.2) is 0 Å². The molecule has 2 aliphatic carbocycles. The van der Waals surface area contributed by atoms with Crippen molar-refractivity contribution in [2.45, 2.75) is 113 Å². The smallest absolute Gasteiger partial charge is 0.309 e. The maximum Gasteiger partial charge on any atom is 0.309 e. The largest absolute Gasteiger partial charge is 0.462 e. The molecule has 1 saturated heterocycles. The molecule has 6 atom stereocenters. The van der Waals surface area contributed by atoms with Crippen molar-refractivity contribution in [2.75, 3.05) is 0 Å². The number of hydrogen-bond acceptors (Lipinski definition) is 2. The first kappa shape index (κ1) is 27.7. The van der Waals surface area contributed by atoms with E-state index in [4.69, 9.17) is 4.74 Å². The van der Waals surface area contributed by atoms with Gasteiger partial charge in [0.25, 0.3) is 0 Å². The van der Waals surface area contributed by atoms with Gasteiger partial charge in [0.2, 0.25) is 0 Å². The quantitative estimate of drug-likeness (QED) is 0.395. The zero-order valence-electron chi connectivity index (χ0n) is 20.1. The molecule has 2 nitrogen and oxygen atoms in total. The molecule has 4 unspecified atom stereocenters. The number of fused-ring (bicyclic) bond motifs is 1. The first-order valence-corrected chi connectivity index (χ1v) is 12.9. The van der Waals surface area contributed by atoms with E-state index in [1.54, 1.807) is 5.57 Å². The summed E-state index contributed by atoms with van der Waals surface area (Å²) < 4.78 is 5.56. The molecule has 28 heavy (non-hydrogen) atoms. The molecule has 3 fully saturated rings. The van der Waals surface area contributed by atoms with E-state index in [-0.39, 0.29) is 18.0 Å². The minimum Gasteiger partial charge on any atom is -0.462 e. The topological polar surface area (TPSA) is 26.3 Å². The Kier molecular flexibility index (Phi) is 13.7. The molecule has 0 N–H and O–H groups in total. The van der Waals surface area contributed by atoms with Crippen LogP contribution in [0.25, 0.3) is 0 Å². The van der Waals surface area contributed by atoms with E-state index in [2.05, 4.69) is 34.8 Å². The summed E-state index contributed by atoms with van der Waals surface area (Å²) in [5.41, 5.74) is 2.08. The predicted molar refractivity (Wildman–Crippen MR) is 127 cm³/mol. The van der Waals surface area contributed by atoms with Gasteiger partial charge in [0, 0.05) is 0 Å². The summed E-state index contributed by atoms with van der Waals surface area (Å²) in [5.74, 6) is 2.29. The molecule has 3 heteroatoms. The van der Waals surface area contributed by atoms with Gasteiger partial charge in [-0.05, 0) is 73.1 Å². The number of ether oxygens (including phenoxy) is 1. The van der Waals surface area contributed by atoms with Crippen molar-refractivity contribution in [3.63, 3.8) is 0 Å². The van der Waals surface area contributed by atoms with Crippen molar-refractivity contribution in [3.05, 3.63) is 10.6 Å². The molecule has 2 saturated carbocycles. The van der Waals surface area contributed by atoms with Gasteiger partial charge in [-0.15, -0.1) is 0 Å². The summed E-state index contributed by atoms with van der Waals surface area (Å²) in [7, 11) is 0. The monoisotopic (exact) mass is 458 g/mol. The maximum absolute atomic E-state index is 11.6. The molecule has 1 heterocycles. The minimum absolute atomic E-state index is 0.00915. The molecule has 0 radical (unpaired) electrons. The second-order valence-electron chi connectivity index (χ2n) is 8.19. The molecule has 1 aliphatic heterocycles. The van der Waals surface area contributed by atoms with E-state index >= 15 is 0 Å². The molecule has 3 rings (SSSR count). The van der Waals surface area contributed by atoms with Crippen molar-refractivity contribution >= 4 is 21.9 Å². The van der Waals surface area contributed by atoms with Gasteiger partial charge < -0.3 is 4.74 Å². The van der Waals surface area contributed by atoms with Crippen LogP contribution >= 0.6 is 15.9 Å². The van der Waals surface area contributed by atoms with Crippen molar-refractivity contribution in [1.29, 1.82) is 0 Å². The highest BCUT2D eigenvalue weighted by Crippen LogP contribution is 2.60. The Morgan fingerprint density at radius 3 is 2.29 bits per heavy atom. The van der Waals surface area contributed by atoms with Crippen LogP contribution in [0.15, 0.2) is 10.6 Å². The first-order valence-electron chi connectivity index (χ1n) is 12.0. The molecular formula is C25H47BrO2. The first-order chi connectivity index (χ1) is 13.5. The van der Waals surface area contributed by atoms with Gasteiger partial charge >= 0.3 is 5.97 Å². The SMILES string of the molecule is CC.CC.CC.C[C@H](CC1C[C@H](C)C(=O)O1)C1CCC2/C(=C/Br)CCCC21C. The lowest BCUT2D eigenvalue weighted by Gasteiger charge is -2.44. The Hall–Kier alpha value is -0.310. The van der Waals surface area contributed by atoms with Gasteiger partial charge in [-0.3, -0.25) is 4.79 Å². The van der Waals surface area contributed by atoms with Crippen molar-refractivity contribution in [1.82, 2.24) is 0 Å². The summed E-state index contributed by atoms with van der Waals surface area (Å²) in [6.45, 7) is 18.9. The van der Waals surface area contributed by atoms with E-state index < -0.39 is 0 Å². The third kappa shape index (κ3) is 6.34. The number of cyclic esters (lactones) is 1. The Bertz CT molecular complexity index is 473. The summed E-state index contributed by atoms with van der Waals surface area (Å²) in [6, 6.07) is 0. The number of esters is 1. The predicted octanol–water partition coefficient (Wildman–Crippen LogP) is 8.54. The van der Waals surface area contributed by atoms with Gasteiger partial charge in [-0.2, -0.15) is 0 Å². The highest BCUT2D eigenvalue weighted by atomic mass is 79.9. The van der Waals surface area contributed by atoms with E-state index in [0.717, 1.165) is 24.7 Å². The normalized spacial score (nSPS) is 35.9. The average Bonchev–Trinajstić information content (AvgIpc) is 3.24. The summed E-state index contributed by atoms with van der Waals surface area (Å²) >= 11 is 3.59. The molecule has 166 valence electrons. The van der Waals surface area contributed by atoms with Crippen LogP contribution < -0.4 is 0 Å². The molecule has 0 bridgehead atoms. The van der Waals surface area contributed by atoms with Gasteiger partial charge in [0.1, 0.15) is 6.10 Å². The van der Waals surface area contributed by atoms with Gasteiger partial charge in [0.05, 0.1) is 5.92 Å². The highest BCUT2D eigenvalue weighted by molar-refractivity contribution is 9.11. The zero-order valence-corrected chi connectivity index (χ0v) is 21.7. The Labute approximate surface area is 184 Å². The van der Waals surface area contributed by atoms with E-state index in [1.807, 2.05) is 48.5 Å². The standard InChI is InChI=1S/C19H29BrO2.3C2H6/c1-12(9-15-10-13(2)18(21)22-15)16-6-7-17-14(11-20)5-4-8-19(16,17)3;3*1-2/h11-13,15-17H,4-10H2,1-3H3;3*1-2H3/b14-11+;;;/t12-,13+,15?,16?,17?,19?;;;/m1.../s1. The van der Waals surface area contributed by atoms with Crippen LogP contribution in [0.5, 0.6) is 0 Å². The lowest BCUT2D eigenvalue weighted by Crippen LogP contribution is -2.36. The fourth-order valence-corrected chi connectivity index (χ4v) is 6.24. The Morgan fingerprint density at radius 2 is 1.79 bits per heavy atom. The van der Waals surface area contributed by atoms with Crippen LogP contribution in [-0.2, 0) is 9.53 Å². The lowest BCUT2D eigenvalue weighted by molar-refractivity contribution is -0.144. The fraction of sp³-hybridized carbons (Fsp3) is 0.880. The fourth-order valence-electron chi connectivity index (χ4n) is 5.69.